The van der Waals surface area contributed by atoms with E-state index in [0.29, 0.717) is 11.3 Å². The maximum absolute atomic E-state index is 9.81. The number of hydrogen-bond donors (Lipinski definition) is 1. The van der Waals surface area contributed by atoms with Gasteiger partial charge in [-0.3, -0.25) is 0 Å². The maximum atomic E-state index is 9.81. The number of allylic oxidation sites excluding steroid dienone is 1. The molecule has 1 fully saturated rings. The second-order valence-electron chi connectivity index (χ2n) is 5.12. The van der Waals surface area contributed by atoms with Gasteiger partial charge in [0.1, 0.15) is 0 Å². The van der Waals surface area contributed by atoms with Gasteiger partial charge in [-0.1, -0.05) is 19.9 Å². The molecule has 76 valence electrons. The first-order chi connectivity index (χ1) is 6.57. The van der Waals surface area contributed by atoms with E-state index in [1.807, 2.05) is 6.07 Å². The van der Waals surface area contributed by atoms with E-state index in [0.717, 1.165) is 17.9 Å². The molecule has 3 rings (SSSR count). The highest BCUT2D eigenvalue weighted by Gasteiger charge is 2.52. The van der Waals surface area contributed by atoms with Gasteiger partial charge in [-0.2, -0.15) is 5.26 Å². The highest BCUT2D eigenvalue weighted by Crippen LogP contribution is 2.59. The Morgan fingerprint density at radius 2 is 2.43 bits per heavy atom. The van der Waals surface area contributed by atoms with Crippen LogP contribution in [-0.4, -0.2) is 11.2 Å². The summed E-state index contributed by atoms with van der Waals surface area (Å²) in [4.78, 5) is 0. The number of aliphatic hydroxyl groups excluding tert-OH is 1. The molecule has 0 aromatic heterocycles. The van der Waals surface area contributed by atoms with E-state index in [4.69, 9.17) is 5.26 Å². The molecular weight excluding hydrogens is 174 g/mol. The van der Waals surface area contributed by atoms with Crippen molar-refractivity contribution in [2.75, 3.05) is 0 Å². The summed E-state index contributed by atoms with van der Waals surface area (Å²) >= 11 is 0. The molecule has 1 unspecified atom stereocenters. The summed E-state index contributed by atoms with van der Waals surface area (Å²) in [6.45, 7) is 4.55. The monoisotopic (exact) mass is 191 g/mol. The number of nitriles is 1. The van der Waals surface area contributed by atoms with Gasteiger partial charge in [-0.25, -0.2) is 0 Å². The Morgan fingerprint density at radius 3 is 2.93 bits per heavy atom. The van der Waals surface area contributed by atoms with Crippen LogP contribution in [0.1, 0.15) is 33.1 Å². The fraction of sp³-hybridized carbons (Fsp3) is 0.750. The van der Waals surface area contributed by atoms with Gasteiger partial charge in [0.15, 0.2) is 0 Å². The largest absolute Gasteiger partial charge is 0.388 e. The van der Waals surface area contributed by atoms with Crippen LogP contribution in [-0.2, 0) is 0 Å². The molecule has 0 saturated heterocycles. The van der Waals surface area contributed by atoms with Crippen LogP contribution < -0.4 is 0 Å². The smallest absolute Gasteiger partial charge is 0.0882 e. The Balaban J connectivity index is 2.15. The van der Waals surface area contributed by atoms with Crippen molar-refractivity contribution in [3.05, 3.63) is 11.6 Å². The molecule has 2 bridgehead atoms. The number of aliphatic hydroxyl groups is 1. The van der Waals surface area contributed by atoms with Crippen LogP contribution in [0.4, 0.5) is 0 Å². The summed E-state index contributed by atoms with van der Waals surface area (Å²) in [5.41, 5.74) is 1.47. The van der Waals surface area contributed by atoms with Crippen LogP contribution in [0.5, 0.6) is 0 Å². The number of nitrogens with zero attached hydrogens (tertiary/aromatic N) is 1. The molecule has 0 radical (unpaired) electrons. The van der Waals surface area contributed by atoms with E-state index in [-0.39, 0.29) is 6.42 Å². The molecule has 0 aliphatic heterocycles. The predicted octanol–water partition coefficient (Wildman–Crippen LogP) is 2.25. The highest BCUT2D eigenvalue weighted by molar-refractivity contribution is 5.26. The van der Waals surface area contributed by atoms with E-state index in [2.05, 4.69) is 19.9 Å². The first-order valence-corrected chi connectivity index (χ1v) is 5.32. The van der Waals surface area contributed by atoms with Crippen molar-refractivity contribution in [1.82, 2.24) is 0 Å². The molecule has 1 N–H and O–H groups in total. The third-order valence-electron chi connectivity index (χ3n) is 4.18. The fourth-order valence-corrected chi connectivity index (χ4v) is 2.97. The lowest BCUT2D eigenvalue weighted by Crippen LogP contribution is -2.49. The summed E-state index contributed by atoms with van der Waals surface area (Å²) in [5, 5.41) is 18.4. The molecule has 3 atom stereocenters. The molecule has 1 saturated carbocycles. The molecule has 0 spiro atoms. The van der Waals surface area contributed by atoms with E-state index >= 15 is 0 Å². The first kappa shape index (κ1) is 9.73. The summed E-state index contributed by atoms with van der Waals surface area (Å²) < 4.78 is 0. The van der Waals surface area contributed by atoms with Gasteiger partial charge in [0.2, 0.25) is 0 Å². The van der Waals surface area contributed by atoms with Crippen LogP contribution in [0.15, 0.2) is 11.6 Å². The number of fused-ring (bicyclic) bond motifs is 1. The normalized spacial score (nSPS) is 35.1. The Kier molecular flexibility index (Phi) is 2.16. The molecule has 14 heavy (non-hydrogen) atoms. The van der Waals surface area contributed by atoms with Crippen molar-refractivity contribution in [2.45, 2.75) is 39.2 Å². The van der Waals surface area contributed by atoms with Gasteiger partial charge in [0, 0.05) is 0 Å². The zero-order valence-corrected chi connectivity index (χ0v) is 8.83. The summed E-state index contributed by atoms with van der Waals surface area (Å²) in [6.07, 6.45) is 4.17. The lowest BCUT2D eigenvalue weighted by Gasteiger charge is -2.57. The van der Waals surface area contributed by atoms with Crippen LogP contribution >= 0.6 is 0 Å². The lowest BCUT2D eigenvalue weighted by atomic mass is 9.48. The minimum atomic E-state index is -0.523. The SMILES string of the molecule is CC1(C)[C@H]2CC=C(C(O)CC#N)[C@@H]1C2. The number of rotatable bonds is 2. The topological polar surface area (TPSA) is 44.0 Å². The van der Waals surface area contributed by atoms with E-state index < -0.39 is 6.10 Å². The van der Waals surface area contributed by atoms with Crippen molar-refractivity contribution < 1.29 is 5.11 Å². The molecule has 3 aliphatic rings. The molecule has 0 heterocycles. The second-order valence-corrected chi connectivity index (χ2v) is 5.12. The standard InChI is InChI=1S/C12H17NO/c1-12(2)8-3-4-9(10(12)7-8)11(14)5-6-13/h4,8,10-11,14H,3,5,7H2,1-2H3/t8-,10-,11?/m0/s1. The van der Waals surface area contributed by atoms with E-state index in [1.54, 1.807) is 0 Å². The van der Waals surface area contributed by atoms with Crippen molar-refractivity contribution >= 4 is 0 Å². The van der Waals surface area contributed by atoms with Crippen LogP contribution in [0.2, 0.25) is 0 Å². The van der Waals surface area contributed by atoms with Crippen LogP contribution in [0.3, 0.4) is 0 Å². The molecule has 0 aromatic carbocycles. The summed E-state index contributed by atoms with van der Waals surface area (Å²) in [7, 11) is 0. The van der Waals surface area contributed by atoms with Crippen LogP contribution in [0.25, 0.3) is 0 Å². The third-order valence-corrected chi connectivity index (χ3v) is 4.18. The molecule has 0 amide bonds. The zero-order valence-electron chi connectivity index (χ0n) is 8.83. The van der Waals surface area contributed by atoms with E-state index in [1.165, 1.54) is 6.42 Å². The minimum Gasteiger partial charge on any atom is -0.388 e. The first-order valence-electron chi connectivity index (χ1n) is 5.32. The van der Waals surface area contributed by atoms with Gasteiger partial charge in [-0.15, -0.1) is 0 Å². The van der Waals surface area contributed by atoms with Crippen molar-refractivity contribution in [3.8, 4) is 6.07 Å². The highest BCUT2D eigenvalue weighted by atomic mass is 16.3. The number of hydrogen-bond acceptors (Lipinski definition) is 2. The van der Waals surface area contributed by atoms with Crippen molar-refractivity contribution in [1.29, 1.82) is 5.26 Å². The van der Waals surface area contributed by atoms with E-state index in [9.17, 15) is 5.11 Å². The molecular formula is C12H17NO. The summed E-state index contributed by atoms with van der Waals surface area (Å²) in [6, 6.07) is 2.04. The molecule has 2 heteroatoms. The second kappa shape index (κ2) is 3.10. The van der Waals surface area contributed by atoms with Gasteiger partial charge in [0.25, 0.3) is 0 Å². The minimum absolute atomic E-state index is 0.239. The molecule has 3 aliphatic carbocycles. The average molecular weight is 191 g/mol. The third kappa shape index (κ3) is 1.19. The zero-order chi connectivity index (χ0) is 10.3. The Bertz CT molecular complexity index is 311. The molecule has 2 nitrogen and oxygen atoms in total. The van der Waals surface area contributed by atoms with Crippen molar-refractivity contribution in [2.24, 2.45) is 17.3 Å². The Hall–Kier alpha value is -0.810. The Labute approximate surface area is 85.2 Å². The average Bonchev–Trinajstić information content (AvgIpc) is 2.18. The van der Waals surface area contributed by atoms with Gasteiger partial charge in [0.05, 0.1) is 18.6 Å². The van der Waals surface area contributed by atoms with Crippen molar-refractivity contribution in [3.63, 3.8) is 0 Å². The lowest BCUT2D eigenvalue weighted by molar-refractivity contribution is -0.0210. The Morgan fingerprint density at radius 1 is 1.71 bits per heavy atom. The molecule has 0 aromatic rings. The summed E-state index contributed by atoms with van der Waals surface area (Å²) in [5.74, 6) is 1.31. The van der Waals surface area contributed by atoms with Gasteiger partial charge >= 0.3 is 0 Å². The van der Waals surface area contributed by atoms with Gasteiger partial charge < -0.3 is 5.11 Å². The fourth-order valence-electron chi connectivity index (χ4n) is 2.97. The predicted molar refractivity (Wildman–Crippen MR) is 54.3 cm³/mol. The van der Waals surface area contributed by atoms with Gasteiger partial charge in [-0.05, 0) is 35.7 Å². The van der Waals surface area contributed by atoms with Crippen LogP contribution in [0, 0.1) is 28.6 Å². The quantitative estimate of drug-likeness (QED) is 0.680. The maximum Gasteiger partial charge on any atom is 0.0882 e.